The fourth-order valence-electron chi connectivity index (χ4n) is 3.31. The number of nitrogens with one attached hydrogen (secondary N) is 1. The molecule has 1 spiro atoms. The first kappa shape index (κ1) is 19.2. The monoisotopic (exact) mass is 339 g/mol. The van der Waals surface area contributed by atoms with Gasteiger partial charge in [-0.1, -0.05) is 13.8 Å². The van der Waals surface area contributed by atoms with Crippen LogP contribution in [0.15, 0.2) is 0 Å². The lowest BCUT2D eigenvalue weighted by molar-refractivity contribution is -0.137. The first-order valence-electron chi connectivity index (χ1n) is 9.15. The van der Waals surface area contributed by atoms with Gasteiger partial charge < -0.3 is 15.0 Å². The predicted octanol–water partition coefficient (Wildman–Crippen LogP) is 1.25. The highest BCUT2D eigenvalue weighted by Gasteiger charge is 2.43. The molecule has 0 aromatic carbocycles. The lowest BCUT2D eigenvalue weighted by Gasteiger charge is -2.39. The summed E-state index contributed by atoms with van der Waals surface area (Å²) in [4.78, 5) is 28.2. The van der Waals surface area contributed by atoms with E-state index in [4.69, 9.17) is 4.74 Å². The number of amides is 2. The Labute approximate surface area is 145 Å². The molecule has 6 heteroatoms. The second kappa shape index (κ2) is 7.83. The van der Waals surface area contributed by atoms with Crippen LogP contribution in [0.25, 0.3) is 0 Å². The molecule has 24 heavy (non-hydrogen) atoms. The van der Waals surface area contributed by atoms with Crippen LogP contribution < -0.4 is 5.32 Å². The van der Waals surface area contributed by atoms with Gasteiger partial charge in [-0.15, -0.1) is 0 Å². The highest BCUT2D eigenvalue weighted by Crippen LogP contribution is 2.36. The van der Waals surface area contributed by atoms with Crippen LogP contribution in [0.1, 0.15) is 47.0 Å². The van der Waals surface area contributed by atoms with Crippen LogP contribution in [0.2, 0.25) is 0 Å². The van der Waals surface area contributed by atoms with E-state index < -0.39 is 0 Å². The third-order valence-electron chi connectivity index (χ3n) is 5.37. The highest BCUT2D eigenvalue weighted by molar-refractivity contribution is 5.78. The molecule has 6 nitrogen and oxygen atoms in total. The number of carbonyl (C=O) groups excluding carboxylic acids is 2. The number of rotatable bonds is 5. The van der Waals surface area contributed by atoms with E-state index in [9.17, 15) is 9.59 Å². The van der Waals surface area contributed by atoms with Crippen molar-refractivity contribution in [3.8, 4) is 0 Å². The van der Waals surface area contributed by atoms with Gasteiger partial charge in [-0.25, -0.2) is 0 Å². The maximum absolute atomic E-state index is 12.4. The van der Waals surface area contributed by atoms with Crippen LogP contribution >= 0.6 is 0 Å². The van der Waals surface area contributed by atoms with Crippen molar-refractivity contribution >= 4 is 11.8 Å². The van der Waals surface area contributed by atoms with Gasteiger partial charge >= 0.3 is 0 Å². The maximum atomic E-state index is 12.4. The standard InChI is InChI=1S/C18H33N3O3/c1-13(2)17(23)19-15-10-18(24-12-15)6-8-21(9-7-18)16(22)11-20(5)14(3)4/h13-15H,6-12H2,1-5H3,(H,19,23). The van der Waals surface area contributed by atoms with Crippen LogP contribution in [-0.4, -0.2) is 72.6 Å². The summed E-state index contributed by atoms with van der Waals surface area (Å²) in [5.41, 5.74) is -0.157. The number of ether oxygens (including phenoxy) is 1. The zero-order valence-corrected chi connectivity index (χ0v) is 15.8. The minimum Gasteiger partial charge on any atom is -0.373 e. The van der Waals surface area contributed by atoms with E-state index in [-0.39, 0.29) is 29.4 Å². The molecule has 138 valence electrons. The van der Waals surface area contributed by atoms with Gasteiger partial charge in [0, 0.05) is 25.0 Å². The molecule has 0 aromatic heterocycles. The lowest BCUT2D eigenvalue weighted by Crippen LogP contribution is -2.49. The minimum absolute atomic E-state index is 0.000958. The molecule has 0 aromatic rings. The summed E-state index contributed by atoms with van der Waals surface area (Å²) in [6.07, 6.45) is 2.58. The number of piperidine rings is 1. The molecule has 0 bridgehead atoms. The summed E-state index contributed by atoms with van der Waals surface area (Å²) < 4.78 is 6.06. The van der Waals surface area contributed by atoms with E-state index in [0.717, 1.165) is 32.4 Å². The molecular weight excluding hydrogens is 306 g/mol. The summed E-state index contributed by atoms with van der Waals surface area (Å²) in [7, 11) is 1.98. The Morgan fingerprint density at radius 3 is 2.42 bits per heavy atom. The molecule has 0 radical (unpaired) electrons. The number of nitrogens with zero attached hydrogens (tertiary/aromatic N) is 2. The van der Waals surface area contributed by atoms with Crippen molar-refractivity contribution in [2.24, 2.45) is 5.92 Å². The van der Waals surface area contributed by atoms with Gasteiger partial charge in [0.25, 0.3) is 0 Å². The highest BCUT2D eigenvalue weighted by atomic mass is 16.5. The Hall–Kier alpha value is -1.14. The van der Waals surface area contributed by atoms with Crippen molar-refractivity contribution in [1.82, 2.24) is 15.1 Å². The molecule has 1 atom stereocenters. The summed E-state index contributed by atoms with van der Waals surface area (Å²) in [5.74, 6) is 0.285. The van der Waals surface area contributed by atoms with E-state index in [1.807, 2.05) is 25.8 Å². The van der Waals surface area contributed by atoms with E-state index >= 15 is 0 Å². The molecule has 2 fully saturated rings. The van der Waals surface area contributed by atoms with Gasteiger partial charge in [-0.3, -0.25) is 14.5 Å². The summed E-state index contributed by atoms with van der Waals surface area (Å²) >= 11 is 0. The molecule has 1 unspecified atom stereocenters. The van der Waals surface area contributed by atoms with Gasteiger partial charge in [0.2, 0.25) is 11.8 Å². The van der Waals surface area contributed by atoms with E-state index in [1.54, 1.807) is 0 Å². The van der Waals surface area contributed by atoms with Crippen molar-refractivity contribution in [2.45, 2.75) is 64.6 Å². The molecule has 1 N–H and O–H groups in total. The van der Waals surface area contributed by atoms with E-state index in [2.05, 4.69) is 24.1 Å². The van der Waals surface area contributed by atoms with Crippen molar-refractivity contribution in [2.75, 3.05) is 33.3 Å². The SMILES string of the molecule is CC(C)C(=O)NC1COC2(CCN(C(=O)CN(C)C(C)C)CC2)C1. The number of likely N-dealkylation sites (N-methyl/N-ethyl adjacent to an activating group) is 1. The quantitative estimate of drug-likeness (QED) is 0.819. The van der Waals surface area contributed by atoms with Gasteiger partial charge in [0.15, 0.2) is 0 Å². The Morgan fingerprint density at radius 1 is 1.25 bits per heavy atom. The molecule has 2 saturated heterocycles. The number of carbonyl (C=O) groups is 2. The van der Waals surface area contributed by atoms with Crippen molar-refractivity contribution in [1.29, 1.82) is 0 Å². The summed E-state index contributed by atoms with van der Waals surface area (Å²) in [6, 6.07) is 0.475. The average Bonchev–Trinajstić information content (AvgIpc) is 2.90. The second-order valence-electron chi connectivity index (χ2n) is 7.95. The fraction of sp³-hybridized carbons (Fsp3) is 0.889. The fourth-order valence-corrected chi connectivity index (χ4v) is 3.31. The number of hydrogen-bond donors (Lipinski definition) is 1. The first-order chi connectivity index (χ1) is 11.2. The third-order valence-corrected chi connectivity index (χ3v) is 5.37. The molecule has 2 aliphatic heterocycles. The van der Waals surface area contributed by atoms with Gasteiger partial charge in [0.1, 0.15) is 0 Å². The van der Waals surface area contributed by atoms with E-state index in [1.165, 1.54) is 0 Å². The molecule has 0 aliphatic carbocycles. The lowest BCUT2D eigenvalue weighted by atomic mass is 9.87. The van der Waals surface area contributed by atoms with Crippen LogP contribution in [0.5, 0.6) is 0 Å². The van der Waals surface area contributed by atoms with Crippen molar-refractivity contribution in [3.05, 3.63) is 0 Å². The zero-order valence-electron chi connectivity index (χ0n) is 15.8. The number of hydrogen-bond acceptors (Lipinski definition) is 4. The molecular formula is C18H33N3O3. The molecule has 0 saturated carbocycles. The first-order valence-corrected chi connectivity index (χ1v) is 9.15. The van der Waals surface area contributed by atoms with Gasteiger partial charge in [-0.05, 0) is 40.2 Å². The van der Waals surface area contributed by atoms with Gasteiger partial charge in [0.05, 0.1) is 24.8 Å². The Balaban J connectivity index is 1.80. The Kier molecular flexibility index (Phi) is 6.26. The Bertz CT molecular complexity index is 456. The van der Waals surface area contributed by atoms with Crippen molar-refractivity contribution in [3.63, 3.8) is 0 Å². The average molecular weight is 339 g/mol. The zero-order chi connectivity index (χ0) is 17.9. The summed E-state index contributed by atoms with van der Waals surface area (Å²) in [5, 5.41) is 3.07. The molecule has 2 heterocycles. The minimum atomic E-state index is -0.157. The molecule has 2 rings (SSSR count). The van der Waals surface area contributed by atoms with E-state index in [0.29, 0.717) is 19.2 Å². The largest absolute Gasteiger partial charge is 0.373 e. The smallest absolute Gasteiger partial charge is 0.236 e. The normalized spacial score (nSPS) is 23.5. The second-order valence-corrected chi connectivity index (χ2v) is 7.95. The van der Waals surface area contributed by atoms with Crippen LogP contribution in [-0.2, 0) is 14.3 Å². The topological polar surface area (TPSA) is 61.9 Å². The van der Waals surface area contributed by atoms with Crippen LogP contribution in [0.3, 0.4) is 0 Å². The predicted molar refractivity (Wildman–Crippen MR) is 93.6 cm³/mol. The van der Waals surface area contributed by atoms with Crippen molar-refractivity contribution < 1.29 is 14.3 Å². The molecule has 2 aliphatic rings. The van der Waals surface area contributed by atoms with Crippen LogP contribution in [0, 0.1) is 5.92 Å². The third kappa shape index (κ3) is 4.70. The summed E-state index contributed by atoms with van der Waals surface area (Å²) in [6.45, 7) is 10.5. The van der Waals surface area contributed by atoms with Crippen LogP contribution in [0.4, 0.5) is 0 Å². The Morgan fingerprint density at radius 2 is 1.88 bits per heavy atom. The number of likely N-dealkylation sites (tertiary alicyclic amines) is 1. The van der Waals surface area contributed by atoms with Gasteiger partial charge in [-0.2, -0.15) is 0 Å². The maximum Gasteiger partial charge on any atom is 0.236 e. The molecule has 2 amide bonds.